The lowest BCUT2D eigenvalue weighted by Gasteiger charge is -2.18. The van der Waals surface area contributed by atoms with Gasteiger partial charge in [-0.1, -0.05) is 0 Å². The molecule has 1 heterocycles. The van der Waals surface area contributed by atoms with Gasteiger partial charge < -0.3 is 14.8 Å². The van der Waals surface area contributed by atoms with E-state index in [0.717, 1.165) is 26.2 Å². The highest BCUT2D eigenvalue weighted by Crippen LogP contribution is 2.01. The monoisotopic (exact) mass is 237 g/mol. The maximum absolute atomic E-state index is 11.7. The molecule has 1 rings (SSSR count). The quantitative estimate of drug-likeness (QED) is 0.779. The van der Waals surface area contributed by atoms with Crippen molar-refractivity contribution >= 4 is 5.91 Å². The highest BCUT2D eigenvalue weighted by atomic mass is 16.2. The summed E-state index contributed by atoms with van der Waals surface area (Å²) in [5, 5.41) is 3.20. The molecule has 0 saturated heterocycles. The molecule has 96 valence electrons. The number of carbonyl (C=O) groups is 1. The van der Waals surface area contributed by atoms with E-state index >= 15 is 0 Å². The number of amides is 1. The van der Waals surface area contributed by atoms with Crippen LogP contribution in [0.2, 0.25) is 0 Å². The van der Waals surface area contributed by atoms with Crippen LogP contribution in [0.25, 0.3) is 0 Å². The Morgan fingerprint density at radius 2 is 2.06 bits per heavy atom. The highest BCUT2D eigenvalue weighted by Gasteiger charge is 2.08. The Bertz CT molecular complexity index is 342. The summed E-state index contributed by atoms with van der Waals surface area (Å²) in [6.45, 7) is 9.81. The van der Waals surface area contributed by atoms with Crippen molar-refractivity contribution in [1.29, 1.82) is 0 Å². The molecule has 4 heteroatoms. The summed E-state index contributed by atoms with van der Waals surface area (Å²) in [6.07, 6.45) is 2.06. The van der Waals surface area contributed by atoms with Gasteiger partial charge in [0, 0.05) is 38.1 Å². The van der Waals surface area contributed by atoms with Gasteiger partial charge in [-0.05, 0) is 32.9 Å². The lowest BCUT2D eigenvalue weighted by molar-refractivity contribution is -0.129. The number of nitrogens with zero attached hydrogens (tertiary/aromatic N) is 2. The van der Waals surface area contributed by atoms with Crippen LogP contribution in [-0.2, 0) is 17.9 Å². The van der Waals surface area contributed by atoms with Gasteiger partial charge in [-0.3, -0.25) is 4.79 Å². The van der Waals surface area contributed by atoms with Gasteiger partial charge in [-0.25, -0.2) is 0 Å². The minimum Gasteiger partial charge on any atom is -0.351 e. The first kappa shape index (κ1) is 13.8. The van der Waals surface area contributed by atoms with E-state index in [1.54, 1.807) is 0 Å². The predicted molar refractivity (Wildman–Crippen MR) is 69.7 cm³/mol. The van der Waals surface area contributed by atoms with Gasteiger partial charge in [0.2, 0.25) is 5.91 Å². The van der Waals surface area contributed by atoms with Crippen LogP contribution in [0.4, 0.5) is 0 Å². The Kier molecular flexibility index (Phi) is 5.77. The summed E-state index contributed by atoms with van der Waals surface area (Å²) in [5.74, 6) is 0.171. The summed E-state index contributed by atoms with van der Waals surface area (Å²) in [5.41, 5.74) is 1.22. The molecular formula is C13H23N3O. The summed E-state index contributed by atoms with van der Waals surface area (Å²) in [6, 6.07) is 4.12. The van der Waals surface area contributed by atoms with Gasteiger partial charge in [0.1, 0.15) is 0 Å². The van der Waals surface area contributed by atoms with Crippen LogP contribution in [0, 0.1) is 0 Å². The Labute approximate surface area is 104 Å². The van der Waals surface area contributed by atoms with Gasteiger partial charge >= 0.3 is 0 Å². The fourth-order valence-electron chi connectivity index (χ4n) is 1.90. The van der Waals surface area contributed by atoms with E-state index in [4.69, 9.17) is 0 Å². The van der Waals surface area contributed by atoms with Crippen LogP contribution in [0.1, 0.15) is 26.5 Å². The molecule has 0 aliphatic carbocycles. The van der Waals surface area contributed by atoms with E-state index in [1.165, 1.54) is 5.69 Å². The van der Waals surface area contributed by atoms with Gasteiger partial charge in [-0.2, -0.15) is 0 Å². The van der Waals surface area contributed by atoms with Crippen LogP contribution in [0.3, 0.4) is 0 Å². The van der Waals surface area contributed by atoms with Crippen molar-refractivity contribution < 1.29 is 4.79 Å². The molecule has 0 saturated carbocycles. The van der Waals surface area contributed by atoms with Crippen LogP contribution < -0.4 is 5.32 Å². The Hall–Kier alpha value is -1.29. The molecule has 0 spiro atoms. The second kappa shape index (κ2) is 7.12. The maximum atomic E-state index is 11.7. The van der Waals surface area contributed by atoms with Gasteiger partial charge in [0.25, 0.3) is 0 Å². The van der Waals surface area contributed by atoms with Crippen molar-refractivity contribution in [2.45, 2.75) is 33.9 Å². The van der Waals surface area contributed by atoms with Crippen LogP contribution >= 0.6 is 0 Å². The smallest absolute Gasteiger partial charge is 0.236 e. The molecular weight excluding hydrogens is 214 g/mol. The average Bonchev–Trinajstić information content (AvgIpc) is 2.78. The lowest BCUT2D eigenvalue weighted by Crippen LogP contribution is -2.37. The molecule has 0 radical (unpaired) electrons. The zero-order chi connectivity index (χ0) is 12.7. The van der Waals surface area contributed by atoms with Crippen LogP contribution in [0.15, 0.2) is 18.3 Å². The molecule has 0 fully saturated rings. The molecule has 4 nitrogen and oxygen atoms in total. The number of rotatable bonds is 7. The van der Waals surface area contributed by atoms with E-state index in [-0.39, 0.29) is 5.91 Å². The van der Waals surface area contributed by atoms with E-state index in [0.29, 0.717) is 6.54 Å². The van der Waals surface area contributed by atoms with E-state index in [1.807, 2.05) is 24.8 Å². The number of nitrogens with one attached hydrogen (secondary N) is 1. The fraction of sp³-hybridized carbons (Fsp3) is 0.615. The van der Waals surface area contributed by atoms with Crippen LogP contribution in [0.5, 0.6) is 0 Å². The largest absolute Gasteiger partial charge is 0.351 e. The molecule has 0 unspecified atom stereocenters. The molecule has 0 bridgehead atoms. The third kappa shape index (κ3) is 3.89. The molecule has 1 N–H and O–H groups in total. The first-order chi connectivity index (χ1) is 8.22. The Balaban J connectivity index is 2.35. The fourth-order valence-corrected chi connectivity index (χ4v) is 1.90. The van der Waals surface area contributed by atoms with Gasteiger partial charge in [-0.15, -0.1) is 0 Å². The second-order valence-electron chi connectivity index (χ2n) is 3.96. The first-order valence-corrected chi connectivity index (χ1v) is 6.35. The Morgan fingerprint density at radius 3 is 2.65 bits per heavy atom. The third-order valence-corrected chi connectivity index (χ3v) is 2.96. The van der Waals surface area contributed by atoms with Crippen molar-refractivity contribution in [1.82, 2.24) is 14.8 Å². The predicted octanol–water partition coefficient (Wildman–Crippen LogP) is 1.47. The Morgan fingerprint density at radius 1 is 1.35 bits per heavy atom. The first-order valence-electron chi connectivity index (χ1n) is 6.35. The standard InChI is InChI=1S/C13H23N3O/c1-4-15(5-2)13(17)11-14-10-12-8-7-9-16(12)6-3/h7-9,14H,4-6,10-11H2,1-3H3. The normalized spacial score (nSPS) is 10.5. The van der Waals surface area contributed by atoms with Gasteiger partial charge in [0.15, 0.2) is 0 Å². The molecule has 1 aromatic rings. The molecule has 0 aliphatic heterocycles. The zero-order valence-corrected chi connectivity index (χ0v) is 11.1. The number of aromatic nitrogens is 1. The third-order valence-electron chi connectivity index (χ3n) is 2.96. The molecule has 0 aliphatic rings. The highest BCUT2D eigenvalue weighted by molar-refractivity contribution is 5.78. The van der Waals surface area contributed by atoms with E-state index in [2.05, 4.69) is 29.1 Å². The van der Waals surface area contributed by atoms with Crippen molar-refractivity contribution in [3.63, 3.8) is 0 Å². The van der Waals surface area contributed by atoms with Crippen molar-refractivity contribution in [3.05, 3.63) is 24.0 Å². The lowest BCUT2D eigenvalue weighted by atomic mass is 10.4. The van der Waals surface area contributed by atoms with Crippen molar-refractivity contribution in [2.24, 2.45) is 0 Å². The SMILES string of the molecule is CCN(CC)C(=O)CNCc1cccn1CC. The second-order valence-corrected chi connectivity index (χ2v) is 3.96. The number of carbonyl (C=O) groups excluding carboxylic acids is 1. The minimum atomic E-state index is 0.171. The summed E-state index contributed by atoms with van der Waals surface area (Å²) in [7, 11) is 0. The zero-order valence-electron chi connectivity index (χ0n) is 11.1. The van der Waals surface area contributed by atoms with Crippen molar-refractivity contribution in [2.75, 3.05) is 19.6 Å². The maximum Gasteiger partial charge on any atom is 0.236 e. The average molecular weight is 237 g/mol. The minimum absolute atomic E-state index is 0.171. The van der Waals surface area contributed by atoms with Crippen molar-refractivity contribution in [3.8, 4) is 0 Å². The van der Waals surface area contributed by atoms with E-state index < -0.39 is 0 Å². The van der Waals surface area contributed by atoms with Crippen LogP contribution in [-0.4, -0.2) is 35.0 Å². The van der Waals surface area contributed by atoms with Gasteiger partial charge in [0.05, 0.1) is 6.54 Å². The number of aryl methyl sites for hydroxylation is 1. The summed E-state index contributed by atoms with van der Waals surface area (Å²) in [4.78, 5) is 13.6. The number of hydrogen-bond acceptors (Lipinski definition) is 2. The molecule has 1 aromatic heterocycles. The number of likely N-dealkylation sites (N-methyl/N-ethyl adjacent to an activating group) is 1. The van der Waals surface area contributed by atoms with E-state index in [9.17, 15) is 4.79 Å². The summed E-state index contributed by atoms with van der Waals surface area (Å²) < 4.78 is 2.18. The molecule has 0 aromatic carbocycles. The molecule has 0 atom stereocenters. The summed E-state index contributed by atoms with van der Waals surface area (Å²) >= 11 is 0. The number of hydrogen-bond donors (Lipinski definition) is 1. The molecule has 1 amide bonds. The topological polar surface area (TPSA) is 37.3 Å². The molecule has 17 heavy (non-hydrogen) atoms.